The molecule has 0 saturated heterocycles. The molecule has 2 aromatic heterocycles. The minimum absolute atomic E-state index is 0. The fourth-order valence-corrected chi connectivity index (χ4v) is 9.23. The fraction of sp³-hybridized carbons (Fsp3) is 0.0204. The molecule has 0 fully saturated rings. The van der Waals surface area contributed by atoms with Gasteiger partial charge < -0.3 is 19.1 Å². The first kappa shape index (κ1) is 32.0. The average molecular weight is 885 g/mol. The number of para-hydroxylation sites is 3. The SMILES string of the molecule is [Pt].[c-]1c(Oc2[c-]c3c(cc2)c2ccccc2n3-c2ccccn2)ccc2c1N1[CH-]N(c3ccccc3)c3cccc(c31)C21c2ccccc2-c2ccccc21. The van der Waals surface area contributed by atoms with Gasteiger partial charge in [-0.25, -0.2) is 4.98 Å². The number of fused-ring (bicyclic) bond motifs is 12. The van der Waals surface area contributed by atoms with Gasteiger partial charge in [-0.05, 0) is 69.6 Å². The molecule has 1 aliphatic carbocycles. The molecule has 2 aliphatic heterocycles. The first-order valence-corrected chi connectivity index (χ1v) is 18.2. The summed E-state index contributed by atoms with van der Waals surface area (Å²) < 4.78 is 8.90. The number of rotatable bonds is 4. The zero-order chi connectivity index (χ0) is 35.4. The number of aromatic nitrogens is 2. The molecule has 0 N–H and O–H groups in total. The molecule has 55 heavy (non-hydrogen) atoms. The molecular weight excluding hydrogens is 856 g/mol. The van der Waals surface area contributed by atoms with Crippen LogP contribution in [0.15, 0.2) is 170 Å². The van der Waals surface area contributed by atoms with Crippen LogP contribution in [0.3, 0.4) is 0 Å². The van der Waals surface area contributed by atoms with Crippen LogP contribution in [0.25, 0.3) is 38.8 Å². The third kappa shape index (κ3) is 4.36. The predicted molar refractivity (Wildman–Crippen MR) is 215 cm³/mol. The van der Waals surface area contributed by atoms with Gasteiger partial charge in [0.25, 0.3) is 0 Å². The number of nitrogens with zero attached hydrogens (tertiary/aromatic N) is 4. The van der Waals surface area contributed by atoms with Crippen LogP contribution < -0.4 is 14.5 Å². The van der Waals surface area contributed by atoms with Crippen LogP contribution in [0.5, 0.6) is 11.5 Å². The first-order valence-electron chi connectivity index (χ1n) is 18.2. The molecule has 7 aromatic carbocycles. The van der Waals surface area contributed by atoms with Crippen LogP contribution >= 0.6 is 0 Å². The maximum Gasteiger partial charge on any atom is 0.135 e. The van der Waals surface area contributed by atoms with E-state index in [-0.39, 0.29) is 21.1 Å². The molecule has 5 nitrogen and oxygen atoms in total. The fourth-order valence-electron chi connectivity index (χ4n) is 9.23. The van der Waals surface area contributed by atoms with Crippen molar-refractivity contribution in [2.24, 2.45) is 0 Å². The van der Waals surface area contributed by atoms with E-state index in [1.54, 1.807) is 0 Å². The van der Waals surface area contributed by atoms with Crippen molar-refractivity contribution in [3.63, 3.8) is 0 Å². The van der Waals surface area contributed by atoms with Gasteiger partial charge in [-0.3, -0.25) is 0 Å². The van der Waals surface area contributed by atoms with Gasteiger partial charge in [-0.15, -0.1) is 41.9 Å². The van der Waals surface area contributed by atoms with Gasteiger partial charge in [-0.1, -0.05) is 114 Å². The van der Waals surface area contributed by atoms with Crippen molar-refractivity contribution in [3.05, 3.63) is 211 Å². The van der Waals surface area contributed by atoms with E-state index in [1.807, 2.05) is 30.5 Å². The quantitative estimate of drug-likeness (QED) is 0.165. The Hall–Kier alpha value is -6.42. The van der Waals surface area contributed by atoms with Gasteiger partial charge >= 0.3 is 0 Å². The van der Waals surface area contributed by atoms with Gasteiger partial charge in [0, 0.05) is 66.8 Å². The smallest absolute Gasteiger partial charge is 0.135 e. The molecule has 0 radical (unpaired) electrons. The number of hydrogen-bond acceptors (Lipinski definition) is 4. The number of hydrogen-bond donors (Lipinski definition) is 0. The standard InChI is InChI=1S/C49H29N4O.Pt/c1-2-13-32(14-3-1)51-31-52-46-30-34(54-33-24-26-38-37-17-6-9-21-43(37)53(45(38)29-33)47-23-10-11-28-50-47)25-27-41(46)49(42-20-12-22-44(51)48(42)52)39-18-7-4-15-35(39)36-16-5-8-19-40(36)49;/h1-28,31H;/q-3;. The van der Waals surface area contributed by atoms with E-state index in [0.29, 0.717) is 11.5 Å². The largest absolute Gasteiger partial charge is 0.509 e. The summed E-state index contributed by atoms with van der Waals surface area (Å²) in [4.78, 5) is 9.29. The van der Waals surface area contributed by atoms with E-state index >= 15 is 0 Å². The molecular formula is C49H29N4OPt-3. The third-order valence-corrected chi connectivity index (χ3v) is 11.3. The summed E-state index contributed by atoms with van der Waals surface area (Å²) in [7, 11) is 0. The van der Waals surface area contributed by atoms with E-state index in [4.69, 9.17) is 9.72 Å². The van der Waals surface area contributed by atoms with Crippen molar-refractivity contribution in [1.29, 1.82) is 0 Å². The normalized spacial score (nSPS) is 14.0. The number of pyridine rings is 1. The molecule has 0 atom stereocenters. The zero-order valence-electron chi connectivity index (χ0n) is 29.3. The molecule has 0 saturated carbocycles. The molecule has 0 unspecified atom stereocenters. The van der Waals surface area contributed by atoms with Gasteiger partial charge in [0.05, 0.1) is 0 Å². The van der Waals surface area contributed by atoms with Gasteiger partial charge in [0.2, 0.25) is 0 Å². The topological polar surface area (TPSA) is 33.5 Å². The first-order chi connectivity index (χ1) is 26.8. The van der Waals surface area contributed by atoms with Crippen LogP contribution in [0.4, 0.5) is 22.7 Å². The van der Waals surface area contributed by atoms with E-state index in [2.05, 4.69) is 173 Å². The molecule has 4 heterocycles. The summed E-state index contributed by atoms with van der Waals surface area (Å²) in [6.45, 7) is 2.20. The van der Waals surface area contributed by atoms with Gasteiger partial charge in [-0.2, -0.15) is 12.1 Å². The summed E-state index contributed by atoms with van der Waals surface area (Å²) in [6, 6.07) is 65.3. The van der Waals surface area contributed by atoms with Gasteiger partial charge in [0.15, 0.2) is 0 Å². The Morgan fingerprint density at radius 3 is 2.04 bits per heavy atom. The van der Waals surface area contributed by atoms with Crippen molar-refractivity contribution in [3.8, 4) is 28.4 Å². The molecule has 9 aromatic rings. The van der Waals surface area contributed by atoms with Crippen LogP contribution in [0.2, 0.25) is 0 Å². The maximum atomic E-state index is 6.74. The van der Waals surface area contributed by atoms with Crippen LogP contribution in [0, 0.1) is 18.8 Å². The molecule has 0 amide bonds. The Morgan fingerprint density at radius 2 is 1.24 bits per heavy atom. The van der Waals surface area contributed by atoms with Crippen molar-refractivity contribution in [1.82, 2.24) is 9.55 Å². The molecule has 0 bridgehead atoms. The zero-order valence-corrected chi connectivity index (χ0v) is 31.5. The van der Waals surface area contributed by atoms with Gasteiger partial charge in [0.1, 0.15) is 5.82 Å². The summed E-state index contributed by atoms with van der Waals surface area (Å²) in [6.07, 6.45) is 1.82. The number of anilines is 4. The second kappa shape index (κ2) is 12.0. The number of ether oxygens (including phenoxy) is 1. The van der Waals surface area contributed by atoms with E-state index in [1.165, 1.54) is 27.8 Å². The third-order valence-electron chi connectivity index (χ3n) is 11.3. The minimum atomic E-state index is -0.547. The Balaban J connectivity index is 0.00000352. The maximum absolute atomic E-state index is 6.74. The molecule has 3 aliphatic rings. The Kier molecular flexibility index (Phi) is 7.02. The molecule has 6 heteroatoms. The molecule has 1 spiro atoms. The van der Waals surface area contributed by atoms with Crippen LogP contribution in [-0.2, 0) is 26.5 Å². The van der Waals surface area contributed by atoms with Crippen molar-refractivity contribution >= 4 is 44.6 Å². The Bertz CT molecular complexity index is 2930. The summed E-state index contributed by atoms with van der Waals surface area (Å²) in [5.74, 6) is 2.06. The predicted octanol–water partition coefficient (Wildman–Crippen LogP) is 11.7. The van der Waals surface area contributed by atoms with Crippen LogP contribution in [0.1, 0.15) is 22.3 Å². The summed E-state index contributed by atoms with van der Waals surface area (Å²) in [5, 5.41) is 2.24. The second-order valence-electron chi connectivity index (χ2n) is 14.0. The van der Waals surface area contributed by atoms with Crippen LogP contribution in [-0.4, -0.2) is 9.55 Å². The van der Waals surface area contributed by atoms with E-state index < -0.39 is 5.41 Å². The minimum Gasteiger partial charge on any atom is -0.509 e. The van der Waals surface area contributed by atoms with Crippen molar-refractivity contribution < 1.29 is 25.8 Å². The second-order valence-corrected chi connectivity index (χ2v) is 14.0. The summed E-state index contributed by atoms with van der Waals surface area (Å²) in [5.41, 5.74) is 13.3. The Labute approximate surface area is 333 Å². The average Bonchev–Trinajstić information content (AvgIpc) is 3.88. The summed E-state index contributed by atoms with van der Waals surface area (Å²) >= 11 is 0. The molecule has 264 valence electrons. The van der Waals surface area contributed by atoms with E-state index in [9.17, 15) is 0 Å². The molecule has 12 rings (SSSR count). The monoisotopic (exact) mass is 884 g/mol. The van der Waals surface area contributed by atoms with E-state index in [0.717, 1.165) is 55.9 Å². The number of benzene rings is 7. The Morgan fingerprint density at radius 1 is 0.545 bits per heavy atom. The van der Waals surface area contributed by atoms with Crippen molar-refractivity contribution in [2.75, 3.05) is 9.80 Å². The van der Waals surface area contributed by atoms with Crippen molar-refractivity contribution in [2.45, 2.75) is 5.41 Å².